The van der Waals surface area contributed by atoms with Crippen LogP contribution in [0.15, 0.2) is 12.1 Å². The number of ether oxygens (including phenoxy) is 1. The van der Waals surface area contributed by atoms with Crippen LogP contribution >= 0.6 is 0 Å². The molecule has 0 saturated carbocycles. The Morgan fingerprint density at radius 2 is 1.90 bits per heavy atom. The molecule has 0 unspecified atom stereocenters. The molecule has 21 heavy (non-hydrogen) atoms. The van der Waals surface area contributed by atoms with Crippen LogP contribution in [0.3, 0.4) is 0 Å². The molecule has 0 bridgehead atoms. The van der Waals surface area contributed by atoms with Crippen LogP contribution < -0.4 is 5.32 Å². The van der Waals surface area contributed by atoms with E-state index in [-0.39, 0.29) is 23.2 Å². The van der Waals surface area contributed by atoms with E-state index < -0.39 is 11.6 Å². The molecule has 4 nitrogen and oxygen atoms in total. The van der Waals surface area contributed by atoms with Gasteiger partial charge in [0.1, 0.15) is 17.3 Å². The van der Waals surface area contributed by atoms with E-state index in [1.165, 1.54) is 0 Å². The van der Waals surface area contributed by atoms with Crippen molar-refractivity contribution in [1.82, 2.24) is 4.90 Å². The largest absolute Gasteiger partial charge is 0.381 e. The third-order valence-electron chi connectivity index (χ3n) is 3.70. The second-order valence-corrected chi connectivity index (χ2v) is 5.10. The summed E-state index contributed by atoms with van der Waals surface area (Å²) in [5, 5.41) is 2.61. The van der Waals surface area contributed by atoms with E-state index in [9.17, 15) is 13.6 Å². The predicted molar refractivity (Wildman–Crippen MR) is 76.5 cm³/mol. The van der Waals surface area contributed by atoms with Crippen LogP contribution in [0.5, 0.6) is 0 Å². The van der Waals surface area contributed by atoms with Gasteiger partial charge in [0, 0.05) is 38.4 Å². The molecule has 1 fully saturated rings. The Balaban J connectivity index is 2.18. The van der Waals surface area contributed by atoms with E-state index in [1.54, 1.807) is 18.9 Å². The summed E-state index contributed by atoms with van der Waals surface area (Å²) in [6, 6.07) is 2.21. The topological polar surface area (TPSA) is 41.6 Å². The molecule has 1 saturated heterocycles. The van der Waals surface area contributed by atoms with Gasteiger partial charge in [0.25, 0.3) is 5.91 Å². The molecular weight excluding hydrogens is 278 g/mol. The highest BCUT2D eigenvalue weighted by Crippen LogP contribution is 2.23. The number of carbonyl (C=O) groups is 1. The Kier molecular flexibility index (Phi) is 5.12. The lowest BCUT2D eigenvalue weighted by molar-refractivity contribution is 0.0361. The van der Waals surface area contributed by atoms with Crippen LogP contribution in [0.25, 0.3) is 0 Å². The first-order valence-corrected chi connectivity index (χ1v) is 7.12. The number of nitrogens with one attached hydrogen (secondary N) is 1. The van der Waals surface area contributed by atoms with Gasteiger partial charge in [-0.15, -0.1) is 0 Å². The lowest BCUT2D eigenvalue weighted by atomic mass is 10.1. The standard InChI is InChI=1S/C15H20F2N2O2/c1-3-18-14-12(16)8-10(9-13(14)17)15(20)19(2)11-4-6-21-7-5-11/h8-9,11,18H,3-7H2,1-2H3. The second-order valence-electron chi connectivity index (χ2n) is 5.10. The zero-order chi connectivity index (χ0) is 15.4. The quantitative estimate of drug-likeness (QED) is 0.929. The minimum absolute atomic E-state index is 0.0284. The molecule has 1 heterocycles. The van der Waals surface area contributed by atoms with Gasteiger partial charge in [-0.3, -0.25) is 4.79 Å². The summed E-state index contributed by atoms with van der Waals surface area (Å²) >= 11 is 0. The van der Waals surface area contributed by atoms with E-state index in [0.717, 1.165) is 25.0 Å². The van der Waals surface area contributed by atoms with Crippen molar-refractivity contribution in [3.63, 3.8) is 0 Å². The fourth-order valence-electron chi connectivity index (χ4n) is 2.48. The van der Waals surface area contributed by atoms with Crippen molar-refractivity contribution in [2.75, 3.05) is 32.1 Å². The van der Waals surface area contributed by atoms with Gasteiger partial charge >= 0.3 is 0 Å². The number of halogens is 2. The Morgan fingerprint density at radius 3 is 2.43 bits per heavy atom. The lowest BCUT2D eigenvalue weighted by Gasteiger charge is -2.31. The van der Waals surface area contributed by atoms with Gasteiger partial charge in [-0.05, 0) is 31.9 Å². The molecule has 0 spiro atoms. The fraction of sp³-hybridized carbons (Fsp3) is 0.533. The summed E-state index contributed by atoms with van der Waals surface area (Å²) in [7, 11) is 1.66. The Labute approximate surface area is 123 Å². The van der Waals surface area contributed by atoms with Gasteiger partial charge in [-0.2, -0.15) is 0 Å². The first-order chi connectivity index (χ1) is 10.0. The number of benzene rings is 1. The smallest absolute Gasteiger partial charge is 0.254 e. The average Bonchev–Trinajstić information content (AvgIpc) is 2.50. The second kappa shape index (κ2) is 6.85. The highest BCUT2D eigenvalue weighted by atomic mass is 19.1. The lowest BCUT2D eigenvalue weighted by Crippen LogP contribution is -2.40. The molecule has 0 atom stereocenters. The summed E-state index contributed by atoms with van der Waals surface area (Å²) in [5.74, 6) is -1.87. The van der Waals surface area contributed by atoms with Crippen LogP contribution in [0.4, 0.5) is 14.5 Å². The van der Waals surface area contributed by atoms with Crippen LogP contribution in [-0.4, -0.2) is 43.7 Å². The maximum absolute atomic E-state index is 13.9. The fourth-order valence-corrected chi connectivity index (χ4v) is 2.48. The normalized spacial score (nSPS) is 15.8. The summed E-state index contributed by atoms with van der Waals surface area (Å²) < 4.78 is 33.0. The van der Waals surface area contributed by atoms with Gasteiger partial charge < -0.3 is 15.0 Å². The Bertz CT molecular complexity index is 493. The molecule has 1 amide bonds. The van der Waals surface area contributed by atoms with Crippen molar-refractivity contribution < 1.29 is 18.3 Å². The van der Waals surface area contributed by atoms with Gasteiger partial charge in [0.2, 0.25) is 0 Å². The first kappa shape index (κ1) is 15.7. The molecule has 6 heteroatoms. The van der Waals surface area contributed by atoms with Gasteiger partial charge in [0.05, 0.1) is 0 Å². The Morgan fingerprint density at radius 1 is 1.33 bits per heavy atom. The highest BCUT2D eigenvalue weighted by Gasteiger charge is 2.24. The van der Waals surface area contributed by atoms with Crippen molar-refractivity contribution in [2.24, 2.45) is 0 Å². The number of nitrogens with zero attached hydrogens (tertiary/aromatic N) is 1. The van der Waals surface area contributed by atoms with Gasteiger partial charge in [-0.1, -0.05) is 0 Å². The molecule has 1 aromatic rings. The summed E-state index contributed by atoms with van der Waals surface area (Å²) in [5.41, 5.74) is -0.164. The number of rotatable bonds is 4. The average molecular weight is 298 g/mol. The number of hydrogen-bond acceptors (Lipinski definition) is 3. The molecule has 0 radical (unpaired) electrons. The third kappa shape index (κ3) is 3.50. The molecule has 0 aromatic heterocycles. The summed E-state index contributed by atoms with van der Waals surface area (Å²) in [6.07, 6.45) is 1.48. The minimum Gasteiger partial charge on any atom is -0.381 e. The molecule has 2 rings (SSSR count). The number of hydrogen-bond donors (Lipinski definition) is 1. The maximum atomic E-state index is 13.9. The van der Waals surface area contributed by atoms with Crippen molar-refractivity contribution in [1.29, 1.82) is 0 Å². The van der Waals surface area contributed by atoms with E-state index in [2.05, 4.69) is 5.32 Å². The highest BCUT2D eigenvalue weighted by molar-refractivity contribution is 5.94. The van der Waals surface area contributed by atoms with Gasteiger partial charge in [0.15, 0.2) is 0 Å². The van der Waals surface area contributed by atoms with Crippen LogP contribution in [0, 0.1) is 11.6 Å². The van der Waals surface area contributed by atoms with Crippen molar-refractivity contribution in [3.8, 4) is 0 Å². The molecular formula is C15H20F2N2O2. The van der Waals surface area contributed by atoms with E-state index in [4.69, 9.17) is 4.74 Å². The zero-order valence-electron chi connectivity index (χ0n) is 12.3. The van der Waals surface area contributed by atoms with E-state index in [1.807, 2.05) is 0 Å². The monoisotopic (exact) mass is 298 g/mol. The summed E-state index contributed by atoms with van der Waals surface area (Å²) in [6.45, 7) is 3.36. The van der Waals surface area contributed by atoms with Crippen LogP contribution in [0.1, 0.15) is 30.1 Å². The molecule has 1 aromatic carbocycles. The molecule has 116 valence electrons. The van der Waals surface area contributed by atoms with Crippen LogP contribution in [0.2, 0.25) is 0 Å². The molecule has 1 N–H and O–H groups in total. The predicted octanol–water partition coefficient (Wildman–Crippen LogP) is 2.65. The molecule has 1 aliphatic heterocycles. The Hall–Kier alpha value is -1.69. The third-order valence-corrected chi connectivity index (χ3v) is 3.70. The van der Waals surface area contributed by atoms with Crippen molar-refractivity contribution >= 4 is 11.6 Å². The van der Waals surface area contributed by atoms with E-state index in [0.29, 0.717) is 19.8 Å². The zero-order valence-corrected chi connectivity index (χ0v) is 12.3. The SMILES string of the molecule is CCNc1c(F)cc(C(=O)N(C)C2CCOCC2)cc1F. The number of carbonyl (C=O) groups excluding carboxylic acids is 1. The van der Waals surface area contributed by atoms with Crippen LogP contribution in [-0.2, 0) is 4.74 Å². The first-order valence-electron chi connectivity index (χ1n) is 7.12. The van der Waals surface area contributed by atoms with Gasteiger partial charge in [-0.25, -0.2) is 8.78 Å². The minimum atomic E-state index is -0.749. The maximum Gasteiger partial charge on any atom is 0.254 e. The van der Waals surface area contributed by atoms with Crippen molar-refractivity contribution in [3.05, 3.63) is 29.3 Å². The molecule has 0 aliphatic carbocycles. The number of anilines is 1. The van der Waals surface area contributed by atoms with Crippen molar-refractivity contribution in [2.45, 2.75) is 25.8 Å². The summed E-state index contributed by atoms with van der Waals surface area (Å²) in [4.78, 5) is 13.9. The molecule has 1 aliphatic rings. The number of amides is 1. The van der Waals surface area contributed by atoms with E-state index >= 15 is 0 Å².